The molecule has 2 aromatic rings. The van der Waals surface area contributed by atoms with Crippen LogP contribution in [-0.2, 0) is 13.0 Å². The Morgan fingerprint density at radius 2 is 2.19 bits per heavy atom. The Bertz CT molecular complexity index is 608. The highest BCUT2D eigenvalue weighted by atomic mass is 32.1. The van der Waals surface area contributed by atoms with Gasteiger partial charge in [0.05, 0.1) is 13.2 Å². The van der Waals surface area contributed by atoms with Crippen LogP contribution in [0, 0.1) is 0 Å². The second-order valence-electron chi connectivity index (χ2n) is 5.67. The first-order valence-electron chi connectivity index (χ1n) is 7.38. The first-order chi connectivity index (χ1) is 10.2. The fraction of sp³-hybridized carbons (Fsp3) is 0.412. The van der Waals surface area contributed by atoms with Gasteiger partial charge < -0.3 is 10.5 Å². The number of fused-ring (bicyclic) bond motifs is 1. The van der Waals surface area contributed by atoms with E-state index in [0.29, 0.717) is 0 Å². The molecule has 0 fully saturated rings. The summed E-state index contributed by atoms with van der Waals surface area (Å²) in [5.41, 5.74) is 9.00. The van der Waals surface area contributed by atoms with E-state index in [1.165, 1.54) is 16.0 Å². The van der Waals surface area contributed by atoms with Crippen molar-refractivity contribution in [1.29, 1.82) is 0 Å². The molecule has 2 atom stereocenters. The van der Waals surface area contributed by atoms with Gasteiger partial charge in [-0.1, -0.05) is 12.1 Å². The Hall–Kier alpha value is -1.36. The summed E-state index contributed by atoms with van der Waals surface area (Å²) in [5, 5.41) is 2.20. The maximum absolute atomic E-state index is 6.31. The van der Waals surface area contributed by atoms with Crippen LogP contribution in [0.1, 0.15) is 29.0 Å². The summed E-state index contributed by atoms with van der Waals surface area (Å²) in [6.45, 7) is 4.15. The van der Waals surface area contributed by atoms with E-state index in [0.717, 1.165) is 25.3 Å². The number of nitrogens with two attached hydrogens (primary N) is 1. The number of hydrogen-bond donors (Lipinski definition) is 1. The average molecular weight is 302 g/mol. The zero-order valence-electron chi connectivity index (χ0n) is 12.6. The zero-order chi connectivity index (χ0) is 14.8. The van der Waals surface area contributed by atoms with Crippen LogP contribution in [0.5, 0.6) is 5.75 Å². The van der Waals surface area contributed by atoms with Crippen molar-refractivity contribution < 1.29 is 4.74 Å². The van der Waals surface area contributed by atoms with Crippen LogP contribution >= 0.6 is 11.3 Å². The molecule has 1 aromatic heterocycles. The van der Waals surface area contributed by atoms with Crippen molar-refractivity contribution in [3.8, 4) is 5.75 Å². The van der Waals surface area contributed by atoms with Gasteiger partial charge in [-0.25, -0.2) is 0 Å². The van der Waals surface area contributed by atoms with Gasteiger partial charge in [0.25, 0.3) is 0 Å². The SMILES string of the molecule is COc1cccc(C(C(C)N)N2CCc3sccc3C2)c1. The third-order valence-electron chi connectivity index (χ3n) is 4.16. The normalized spacial score (nSPS) is 18.0. The van der Waals surface area contributed by atoms with Gasteiger partial charge in [-0.05, 0) is 48.1 Å². The van der Waals surface area contributed by atoms with Gasteiger partial charge in [0.1, 0.15) is 5.75 Å². The van der Waals surface area contributed by atoms with E-state index in [1.807, 2.05) is 23.5 Å². The van der Waals surface area contributed by atoms with Crippen LogP contribution in [0.3, 0.4) is 0 Å². The molecule has 0 aliphatic carbocycles. The van der Waals surface area contributed by atoms with E-state index in [-0.39, 0.29) is 12.1 Å². The Labute approximate surface area is 130 Å². The minimum absolute atomic E-state index is 0.0808. The van der Waals surface area contributed by atoms with E-state index in [2.05, 4.69) is 35.4 Å². The molecule has 2 N–H and O–H groups in total. The molecule has 3 nitrogen and oxygen atoms in total. The Balaban J connectivity index is 1.88. The number of ether oxygens (including phenoxy) is 1. The zero-order valence-corrected chi connectivity index (χ0v) is 13.4. The van der Waals surface area contributed by atoms with Crippen molar-refractivity contribution in [1.82, 2.24) is 4.90 Å². The highest BCUT2D eigenvalue weighted by molar-refractivity contribution is 7.10. The molecule has 1 aliphatic rings. The highest BCUT2D eigenvalue weighted by Gasteiger charge is 2.28. The van der Waals surface area contributed by atoms with E-state index in [4.69, 9.17) is 10.5 Å². The molecule has 4 heteroatoms. The first kappa shape index (κ1) is 14.6. The molecule has 21 heavy (non-hydrogen) atoms. The molecule has 0 saturated heterocycles. The predicted molar refractivity (Wildman–Crippen MR) is 87.8 cm³/mol. The third kappa shape index (κ3) is 2.98. The first-order valence-corrected chi connectivity index (χ1v) is 8.26. The summed E-state index contributed by atoms with van der Waals surface area (Å²) in [4.78, 5) is 4.02. The minimum atomic E-state index is 0.0808. The summed E-state index contributed by atoms with van der Waals surface area (Å²) in [7, 11) is 1.71. The Kier molecular flexibility index (Phi) is 4.29. The number of rotatable bonds is 4. The fourth-order valence-corrected chi connectivity index (χ4v) is 4.07. The lowest BCUT2D eigenvalue weighted by atomic mass is 9.96. The third-order valence-corrected chi connectivity index (χ3v) is 5.19. The maximum atomic E-state index is 6.31. The van der Waals surface area contributed by atoms with Crippen LogP contribution in [0.25, 0.3) is 0 Å². The summed E-state index contributed by atoms with van der Waals surface area (Å²) in [6, 6.07) is 10.8. The Morgan fingerprint density at radius 1 is 1.33 bits per heavy atom. The molecular weight excluding hydrogens is 280 g/mol. The lowest BCUT2D eigenvalue weighted by Gasteiger charge is -2.37. The fourth-order valence-electron chi connectivity index (χ4n) is 3.18. The van der Waals surface area contributed by atoms with Crippen molar-refractivity contribution in [3.05, 3.63) is 51.7 Å². The van der Waals surface area contributed by atoms with Crippen LogP contribution in [0.2, 0.25) is 0 Å². The van der Waals surface area contributed by atoms with Crippen molar-refractivity contribution in [2.45, 2.75) is 32.0 Å². The number of benzene rings is 1. The van der Waals surface area contributed by atoms with Crippen molar-refractivity contribution in [3.63, 3.8) is 0 Å². The quantitative estimate of drug-likeness (QED) is 0.942. The summed E-state index contributed by atoms with van der Waals surface area (Å²) in [6.07, 6.45) is 1.13. The van der Waals surface area contributed by atoms with Gasteiger partial charge in [0.2, 0.25) is 0 Å². The number of thiophene rings is 1. The molecule has 0 amide bonds. The minimum Gasteiger partial charge on any atom is -0.497 e. The van der Waals surface area contributed by atoms with Crippen LogP contribution < -0.4 is 10.5 Å². The van der Waals surface area contributed by atoms with E-state index in [1.54, 1.807) is 7.11 Å². The molecule has 1 aromatic carbocycles. The molecule has 0 saturated carbocycles. The number of nitrogens with zero attached hydrogens (tertiary/aromatic N) is 1. The molecule has 112 valence electrons. The van der Waals surface area contributed by atoms with Crippen molar-refractivity contribution in [2.24, 2.45) is 5.73 Å². The van der Waals surface area contributed by atoms with Crippen LogP contribution in [0.4, 0.5) is 0 Å². The largest absolute Gasteiger partial charge is 0.497 e. The molecule has 0 radical (unpaired) electrons. The molecular formula is C17H22N2OS. The van der Waals surface area contributed by atoms with Gasteiger partial charge in [-0.3, -0.25) is 4.90 Å². The van der Waals surface area contributed by atoms with Crippen LogP contribution in [0.15, 0.2) is 35.7 Å². The van der Waals surface area contributed by atoms with Gasteiger partial charge in [-0.15, -0.1) is 11.3 Å². The summed E-state index contributed by atoms with van der Waals surface area (Å²) >= 11 is 1.87. The highest BCUT2D eigenvalue weighted by Crippen LogP contribution is 2.32. The molecule has 3 rings (SSSR count). The second kappa shape index (κ2) is 6.18. The monoisotopic (exact) mass is 302 g/mol. The topological polar surface area (TPSA) is 38.5 Å². The van der Waals surface area contributed by atoms with Crippen molar-refractivity contribution >= 4 is 11.3 Å². The lowest BCUT2D eigenvalue weighted by Crippen LogP contribution is -2.41. The molecule has 2 heterocycles. The smallest absolute Gasteiger partial charge is 0.119 e. The molecule has 0 bridgehead atoms. The van der Waals surface area contributed by atoms with E-state index in [9.17, 15) is 0 Å². The van der Waals surface area contributed by atoms with E-state index >= 15 is 0 Å². The standard InChI is InChI=1S/C17H22N2OS/c1-12(18)17(13-4-3-5-15(10-13)20-2)19-8-6-16-14(11-19)7-9-21-16/h3-5,7,9-10,12,17H,6,8,11,18H2,1-2H3. The number of methoxy groups -OCH3 is 1. The van der Waals surface area contributed by atoms with Crippen molar-refractivity contribution in [2.75, 3.05) is 13.7 Å². The average Bonchev–Trinajstić information content (AvgIpc) is 2.95. The summed E-state index contributed by atoms with van der Waals surface area (Å²) in [5.74, 6) is 0.895. The number of hydrogen-bond acceptors (Lipinski definition) is 4. The Morgan fingerprint density at radius 3 is 2.95 bits per heavy atom. The van der Waals surface area contributed by atoms with Gasteiger partial charge in [0.15, 0.2) is 0 Å². The molecule has 1 aliphatic heterocycles. The predicted octanol–water partition coefficient (Wildman–Crippen LogP) is 3.20. The second-order valence-corrected chi connectivity index (χ2v) is 6.67. The van der Waals surface area contributed by atoms with Gasteiger partial charge in [0, 0.05) is 24.0 Å². The molecule has 2 unspecified atom stereocenters. The maximum Gasteiger partial charge on any atom is 0.119 e. The summed E-state index contributed by atoms with van der Waals surface area (Å²) < 4.78 is 5.36. The van der Waals surface area contributed by atoms with E-state index < -0.39 is 0 Å². The van der Waals surface area contributed by atoms with Gasteiger partial charge >= 0.3 is 0 Å². The molecule has 0 spiro atoms. The lowest BCUT2D eigenvalue weighted by molar-refractivity contribution is 0.160. The van der Waals surface area contributed by atoms with Crippen LogP contribution in [-0.4, -0.2) is 24.6 Å². The van der Waals surface area contributed by atoms with Gasteiger partial charge in [-0.2, -0.15) is 0 Å².